The summed E-state index contributed by atoms with van der Waals surface area (Å²) >= 11 is 0. The molecule has 1 aromatic carbocycles. The number of hydrogen-bond donors (Lipinski definition) is 1. The fraction of sp³-hybridized carbons (Fsp3) is 0.500. The Morgan fingerprint density at radius 3 is 2.60 bits per heavy atom. The highest BCUT2D eigenvalue weighted by Crippen LogP contribution is 2.35. The van der Waals surface area contributed by atoms with Gasteiger partial charge in [0.05, 0.1) is 5.56 Å². The zero-order valence-corrected chi connectivity index (χ0v) is 11.6. The maximum absolute atomic E-state index is 12.6. The Balaban J connectivity index is 1.76. The predicted molar refractivity (Wildman–Crippen MR) is 74.2 cm³/mol. The third-order valence-corrected chi connectivity index (χ3v) is 4.67. The van der Waals surface area contributed by atoms with E-state index in [1.165, 1.54) is 0 Å². The van der Waals surface area contributed by atoms with Gasteiger partial charge in [0, 0.05) is 19.0 Å². The summed E-state index contributed by atoms with van der Waals surface area (Å²) in [6.07, 6.45) is 3.27. The van der Waals surface area contributed by atoms with Crippen LogP contribution in [0.4, 0.5) is 0 Å². The number of carboxylic acids is 1. The van der Waals surface area contributed by atoms with Crippen LogP contribution in [0, 0.1) is 11.8 Å². The molecule has 1 aromatic rings. The van der Waals surface area contributed by atoms with Gasteiger partial charge in [-0.15, -0.1) is 0 Å². The number of amides is 1. The minimum atomic E-state index is -0.915. The third kappa shape index (κ3) is 2.19. The first-order valence-corrected chi connectivity index (χ1v) is 7.20. The molecule has 2 unspecified atom stereocenters. The molecule has 0 aromatic heterocycles. The maximum Gasteiger partial charge on any atom is 0.335 e. The molecule has 4 nitrogen and oxygen atoms in total. The van der Waals surface area contributed by atoms with Crippen molar-refractivity contribution in [3.05, 3.63) is 34.9 Å². The van der Waals surface area contributed by atoms with Crippen molar-refractivity contribution in [2.45, 2.75) is 39.3 Å². The normalized spacial score (nSPS) is 24.8. The zero-order chi connectivity index (χ0) is 14.3. The van der Waals surface area contributed by atoms with Crippen LogP contribution in [0.3, 0.4) is 0 Å². The summed E-state index contributed by atoms with van der Waals surface area (Å²) < 4.78 is 0. The van der Waals surface area contributed by atoms with Gasteiger partial charge in [0.2, 0.25) is 5.91 Å². The number of rotatable bonds is 2. The topological polar surface area (TPSA) is 57.6 Å². The molecular weight excluding hydrogens is 254 g/mol. The van der Waals surface area contributed by atoms with Crippen LogP contribution in [0.25, 0.3) is 0 Å². The highest BCUT2D eigenvalue weighted by atomic mass is 16.4. The molecule has 0 spiro atoms. The number of carbonyl (C=O) groups is 2. The lowest BCUT2D eigenvalue weighted by Crippen LogP contribution is -2.33. The average molecular weight is 273 g/mol. The van der Waals surface area contributed by atoms with Crippen molar-refractivity contribution < 1.29 is 14.7 Å². The molecule has 0 radical (unpaired) electrons. The molecule has 106 valence electrons. The fourth-order valence-corrected chi connectivity index (χ4v) is 3.43. The van der Waals surface area contributed by atoms with Gasteiger partial charge in [-0.25, -0.2) is 4.79 Å². The lowest BCUT2D eigenvalue weighted by Gasteiger charge is -2.22. The Hall–Kier alpha value is -1.84. The lowest BCUT2D eigenvalue weighted by molar-refractivity contribution is -0.137. The molecule has 1 fully saturated rings. The Morgan fingerprint density at radius 1 is 1.20 bits per heavy atom. The minimum absolute atomic E-state index is 0.156. The van der Waals surface area contributed by atoms with E-state index in [2.05, 4.69) is 6.92 Å². The molecule has 1 heterocycles. The molecule has 0 saturated heterocycles. The second-order valence-electron chi connectivity index (χ2n) is 6.00. The van der Waals surface area contributed by atoms with E-state index in [1.54, 1.807) is 12.1 Å². The number of aromatic carboxylic acids is 1. The summed E-state index contributed by atoms with van der Waals surface area (Å²) in [5.74, 6) is -0.0471. The Kier molecular flexibility index (Phi) is 3.24. The molecule has 1 N–H and O–H groups in total. The molecule has 1 aliphatic carbocycles. The molecule has 0 bridgehead atoms. The number of benzene rings is 1. The fourth-order valence-electron chi connectivity index (χ4n) is 3.43. The lowest BCUT2D eigenvalue weighted by atomic mass is 9.97. The van der Waals surface area contributed by atoms with Gasteiger partial charge in [-0.2, -0.15) is 0 Å². The average Bonchev–Trinajstić information content (AvgIpc) is 3.02. The highest BCUT2D eigenvalue weighted by molar-refractivity contribution is 5.88. The van der Waals surface area contributed by atoms with E-state index in [-0.39, 0.29) is 11.8 Å². The summed E-state index contributed by atoms with van der Waals surface area (Å²) in [6, 6.07) is 5.15. The molecule has 1 amide bonds. The van der Waals surface area contributed by atoms with E-state index in [0.29, 0.717) is 24.6 Å². The summed E-state index contributed by atoms with van der Waals surface area (Å²) in [4.78, 5) is 25.4. The van der Waals surface area contributed by atoms with Gasteiger partial charge in [0.15, 0.2) is 0 Å². The number of fused-ring (bicyclic) bond motifs is 1. The van der Waals surface area contributed by atoms with Crippen molar-refractivity contribution in [1.29, 1.82) is 0 Å². The van der Waals surface area contributed by atoms with Gasteiger partial charge >= 0.3 is 5.97 Å². The molecule has 2 atom stereocenters. The molecular formula is C16H19NO3. The number of carbonyl (C=O) groups excluding carboxylic acids is 1. The largest absolute Gasteiger partial charge is 0.478 e. The summed E-state index contributed by atoms with van der Waals surface area (Å²) in [6.45, 7) is 3.33. The maximum atomic E-state index is 12.6. The SMILES string of the molecule is CC1CCCC1C(=O)N1Cc2ccc(C(=O)O)cc2C1. The van der Waals surface area contributed by atoms with Crippen molar-refractivity contribution in [1.82, 2.24) is 4.90 Å². The number of carboxylic acid groups (broad SMARTS) is 1. The predicted octanol–water partition coefficient (Wildman–Crippen LogP) is 2.66. The van der Waals surface area contributed by atoms with Crippen molar-refractivity contribution in [2.75, 3.05) is 0 Å². The molecule has 2 aliphatic rings. The second kappa shape index (κ2) is 4.93. The Labute approximate surface area is 118 Å². The summed E-state index contributed by atoms with van der Waals surface area (Å²) in [5.41, 5.74) is 2.35. The van der Waals surface area contributed by atoms with E-state index in [9.17, 15) is 9.59 Å². The Bertz CT molecular complexity index is 567. The van der Waals surface area contributed by atoms with Gasteiger partial charge in [0.25, 0.3) is 0 Å². The smallest absolute Gasteiger partial charge is 0.335 e. The summed E-state index contributed by atoms with van der Waals surface area (Å²) in [7, 11) is 0. The van der Waals surface area contributed by atoms with Crippen molar-refractivity contribution >= 4 is 11.9 Å². The standard InChI is InChI=1S/C16H19NO3/c1-10-3-2-4-14(10)15(18)17-8-12-6-5-11(16(19)20)7-13(12)9-17/h5-7,10,14H,2-4,8-9H2,1H3,(H,19,20). The van der Waals surface area contributed by atoms with Gasteiger partial charge in [-0.1, -0.05) is 19.4 Å². The second-order valence-corrected chi connectivity index (χ2v) is 6.00. The number of nitrogens with zero attached hydrogens (tertiary/aromatic N) is 1. The zero-order valence-electron chi connectivity index (χ0n) is 11.6. The molecule has 1 aliphatic heterocycles. The number of hydrogen-bond acceptors (Lipinski definition) is 2. The molecule has 4 heteroatoms. The third-order valence-electron chi connectivity index (χ3n) is 4.67. The van der Waals surface area contributed by atoms with E-state index < -0.39 is 5.97 Å². The van der Waals surface area contributed by atoms with Crippen LogP contribution in [-0.2, 0) is 17.9 Å². The van der Waals surface area contributed by atoms with Crippen LogP contribution in [0.5, 0.6) is 0 Å². The van der Waals surface area contributed by atoms with Crippen molar-refractivity contribution in [3.63, 3.8) is 0 Å². The van der Waals surface area contributed by atoms with Crippen LogP contribution in [0.2, 0.25) is 0 Å². The molecule has 20 heavy (non-hydrogen) atoms. The van der Waals surface area contributed by atoms with E-state index in [4.69, 9.17) is 5.11 Å². The van der Waals surface area contributed by atoms with E-state index >= 15 is 0 Å². The van der Waals surface area contributed by atoms with Crippen molar-refractivity contribution in [2.24, 2.45) is 11.8 Å². The van der Waals surface area contributed by atoms with Crippen LogP contribution < -0.4 is 0 Å². The van der Waals surface area contributed by atoms with E-state index in [0.717, 1.165) is 30.4 Å². The summed E-state index contributed by atoms with van der Waals surface area (Å²) in [5, 5.41) is 9.02. The van der Waals surface area contributed by atoms with E-state index in [1.807, 2.05) is 11.0 Å². The monoisotopic (exact) mass is 273 g/mol. The van der Waals surface area contributed by atoms with Gasteiger partial charge in [-0.3, -0.25) is 4.79 Å². The minimum Gasteiger partial charge on any atom is -0.478 e. The first-order valence-electron chi connectivity index (χ1n) is 7.20. The van der Waals surface area contributed by atoms with Gasteiger partial charge in [-0.05, 0) is 42.0 Å². The first-order chi connectivity index (χ1) is 9.56. The van der Waals surface area contributed by atoms with Crippen LogP contribution in [0.1, 0.15) is 47.7 Å². The molecule has 3 rings (SSSR count). The van der Waals surface area contributed by atoms with Crippen LogP contribution in [0.15, 0.2) is 18.2 Å². The first kappa shape index (κ1) is 13.2. The van der Waals surface area contributed by atoms with Gasteiger partial charge in [0.1, 0.15) is 0 Å². The van der Waals surface area contributed by atoms with Crippen LogP contribution in [-0.4, -0.2) is 21.9 Å². The Morgan fingerprint density at radius 2 is 1.95 bits per heavy atom. The quantitative estimate of drug-likeness (QED) is 0.901. The highest BCUT2D eigenvalue weighted by Gasteiger charge is 2.35. The van der Waals surface area contributed by atoms with Crippen LogP contribution >= 0.6 is 0 Å². The van der Waals surface area contributed by atoms with Gasteiger partial charge < -0.3 is 10.0 Å². The van der Waals surface area contributed by atoms with Crippen molar-refractivity contribution in [3.8, 4) is 0 Å². The molecule has 1 saturated carbocycles.